The van der Waals surface area contributed by atoms with Gasteiger partial charge in [0, 0.05) is 25.2 Å². The molecule has 1 fully saturated rings. The number of carbonyl (C=O) groups excluding carboxylic acids is 1. The molecule has 1 amide bonds. The molecule has 3 atom stereocenters. The van der Waals surface area contributed by atoms with Crippen LogP contribution >= 0.6 is 11.6 Å². The Kier molecular flexibility index (Phi) is 6.11. The number of hydrogen-bond acceptors (Lipinski definition) is 5. The molecular weight excluding hydrogens is 339 g/mol. The maximum atomic E-state index is 13.9. The zero-order valence-electron chi connectivity index (χ0n) is 13.1. The third kappa shape index (κ3) is 4.21. The highest BCUT2D eigenvalue weighted by Crippen LogP contribution is 2.31. The number of carboxylic acid groups (broad SMARTS) is 1. The molecule has 1 heterocycles. The van der Waals surface area contributed by atoms with Crippen molar-refractivity contribution in [1.29, 1.82) is 0 Å². The van der Waals surface area contributed by atoms with E-state index in [1.54, 1.807) is 6.07 Å². The van der Waals surface area contributed by atoms with E-state index < -0.39 is 23.7 Å². The smallest absolute Gasteiger partial charge is 0.322 e. The molecule has 0 aliphatic carbocycles. The molecule has 5 N–H and O–H groups in total. The van der Waals surface area contributed by atoms with Gasteiger partial charge in [0.2, 0.25) is 0 Å². The number of nitrogens with two attached hydrogens (primary N) is 1. The van der Waals surface area contributed by atoms with E-state index in [4.69, 9.17) is 22.4 Å². The van der Waals surface area contributed by atoms with Gasteiger partial charge in [0.05, 0.1) is 11.4 Å². The highest BCUT2D eigenvalue weighted by Gasteiger charge is 2.33. The first-order valence-electron chi connectivity index (χ1n) is 7.54. The highest BCUT2D eigenvalue weighted by molar-refractivity contribution is 6.21. The predicted octanol–water partition coefficient (Wildman–Crippen LogP) is 0.456. The summed E-state index contributed by atoms with van der Waals surface area (Å²) in [6, 6.07) is 2.51. The monoisotopic (exact) mass is 358 g/mol. The number of rotatable bonds is 6. The van der Waals surface area contributed by atoms with Gasteiger partial charge in [0.1, 0.15) is 11.9 Å². The van der Waals surface area contributed by atoms with E-state index in [0.717, 1.165) is 6.07 Å². The Morgan fingerprint density at radius 2 is 2.25 bits per heavy atom. The Morgan fingerprint density at radius 1 is 1.54 bits per heavy atom. The van der Waals surface area contributed by atoms with Gasteiger partial charge in [-0.15, -0.1) is 11.6 Å². The number of alkyl halides is 1. The summed E-state index contributed by atoms with van der Waals surface area (Å²) in [5.41, 5.74) is 9.13. The largest absolute Gasteiger partial charge is 0.480 e. The van der Waals surface area contributed by atoms with Crippen molar-refractivity contribution in [2.45, 2.75) is 24.4 Å². The molecule has 1 aliphatic rings. The van der Waals surface area contributed by atoms with Crippen LogP contribution in [-0.2, 0) is 4.79 Å². The van der Waals surface area contributed by atoms with Gasteiger partial charge in [-0.2, -0.15) is 0 Å². The molecule has 0 saturated carbocycles. The number of benzene rings is 1. The quantitative estimate of drug-likeness (QED) is 0.550. The van der Waals surface area contributed by atoms with Gasteiger partial charge < -0.3 is 16.2 Å². The first-order valence-corrected chi connectivity index (χ1v) is 7.98. The SMILES string of the molecule is CCN1NCC(Cl)C1c1cc(F)cc(C(=O)NC[C@@H](N)C(=O)O)c1. The molecule has 24 heavy (non-hydrogen) atoms. The number of hydrogen-bond donors (Lipinski definition) is 4. The lowest BCUT2D eigenvalue weighted by Gasteiger charge is -2.24. The van der Waals surface area contributed by atoms with E-state index in [0.29, 0.717) is 18.7 Å². The van der Waals surface area contributed by atoms with Crippen molar-refractivity contribution in [2.75, 3.05) is 19.6 Å². The minimum Gasteiger partial charge on any atom is -0.480 e. The first kappa shape index (κ1) is 18.6. The number of carbonyl (C=O) groups is 2. The average Bonchev–Trinajstić information content (AvgIpc) is 2.92. The third-order valence-electron chi connectivity index (χ3n) is 3.83. The van der Waals surface area contributed by atoms with Crippen LogP contribution in [0.5, 0.6) is 0 Å². The number of hydrazine groups is 1. The van der Waals surface area contributed by atoms with Crippen molar-refractivity contribution in [3.8, 4) is 0 Å². The van der Waals surface area contributed by atoms with Gasteiger partial charge in [0.15, 0.2) is 0 Å². The molecule has 9 heteroatoms. The van der Waals surface area contributed by atoms with Gasteiger partial charge in [0.25, 0.3) is 5.91 Å². The van der Waals surface area contributed by atoms with Crippen molar-refractivity contribution < 1.29 is 19.1 Å². The topological polar surface area (TPSA) is 108 Å². The summed E-state index contributed by atoms with van der Waals surface area (Å²) in [7, 11) is 0. The van der Waals surface area contributed by atoms with Gasteiger partial charge in [-0.1, -0.05) is 6.92 Å². The lowest BCUT2D eigenvalue weighted by molar-refractivity contribution is -0.138. The summed E-state index contributed by atoms with van der Waals surface area (Å²) in [6.07, 6.45) is 0. The maximum Gasteiger partial charge on any atom is 0.322 e. The lowest BCUT2D eigenvalue weighted by Crippen LogP contribution is -2.42. The highest BCUT2D eigenvalue weighted by atomic mass is 35.5. The van der Waals surface area contributed by atoms with Crippen molar-refractivity contribution in [3.63, 3.8) is 0 Å². The molecule has 1 aliphatic heterocycles. The van der Waals surface area contributed by atoms with Crippen LogP contribution in [0.2, 0.25) is 0 Å². The van der Waals surface area contributed by atoms with Gasteiger partial charge in [-0.05, 0) is 23.8 Å². The number of aliphatic carboxylic acids is 1. The molecule has 1 saturated heterocycles. The summed E-state index contributed by atoms with van der Waals surface area (Å²) in [5, 5.41) is 12.7. The Balaban J connectivity index is 2.19. The van der Waals surface area contributed by atoms with Crippen molar-refractivity contribution in [2.24, 2.45) is 5.73 Å². The van der Waals surface area contributed by atoms with Crippen molar-refractivity contribution in [1.82, 2.24) is 15.8 Å². The predicted molar refractivity (Wildman–Crippen MR) is 87.1 cm³/mol. The van der Waals surface area contributed by atoms with Gasteiger partial charge >= 0.3 is 5.97 Å². The molecular formula is C15H20ClFN4O3. The normalized spacial score (nSPS) is 22.3. The zero-order valence-corrected chi connectivity index (χ0v) is 13.9. The molecule has 0 spiro atoms. The second-order valence-corrected chi connectivity index (χ2v) is 6.10. The van der Waals surface area contributed by atoms with Gasteiger partial charge in [-0.25, -0.2) is 9.40 Å². The van der Waals surface area contributed by atoms with E-state index >= 15 is 0 Å². The second kappa shape index (κ2) is 7.89. The fourth-order valence-corrected chi connectivity index (χ4v) is 2.96. The lowest BCUT2D eigenvalue weighted by atomic mass is 10.0. The zero-order chi connectivity index (χ0) is 17.9. The van der Waals surface area contributed by atoms with Crippen LogP contribution < -0.4 is 16.5 Å². The summed E-state index contributed by atoms with van der Waals surface area (Å²) in [5.74, 6) is -2.38. The van der Waals surface area contributed by atoms with E-state index in [-0.39, 0.29) is 23.5 Å². The molecule has 2 rings (SSSR count). The number of nitrogens with zero attached hydrogens (tertiary/aromatic N) is 1. The fraction of sp³-hybridized carbons (Fsp3) is 0.467. The van der Waals surface area contributed by atoms with Crippen molar-refractivity contribution >= 4 is 23.5 Å². The van der Waals surface area contributed by atoms with Crippen LogP contribution in [0.4, 0.5) is 4.39 Å². The number of nitrogens with one attached hydrogen (secondary N) is 2. The van der Waals surface area contributed by atoms with E-state index in [2.05, 4.69) is 10.7 Å². The van der Waals surface area contributed by atoms with Crippen LogP contribution in [0.15, 0.2) is 18.2 Å². The molecule has 1 aromatic carbocycles. The molecule has 0 radical (unpaired) electrons. The van der Waals surface area contributed by atoms with E-state index in [1.807, 2.05) is 11.9 Å². The number of amides is 1. The van der Waals surface area contributed by atoms with Crippen LogP contribution in [-0.4, -0.2) is 53.0 Å². The Morgan fingerprint density at radius 3 is 2.88 bits per heavy atom. The molecule has 2 unspecified atom stereocenters. The third-order valence-corrected chi connectivity index (χ3v) is 4.22. The van der Waals surface area contributed by atoms with Crippen LogP contribution in [0.25, 0.3) is 0 Å². The van der Waals surface area contributed by atoms with Crippen molar-refractivity contribution in [3.05, 3.63) is 35.1 Å². The minimum absolute atomic E-state index is 0.0920. The van der Waals surface area contributed by atoms with E-state index in [9.17, 15) is 14.0 Å². The second-order valence-electron chi connectivity index (χ2n) is 5.54. The molecule has 0 aromatic heterocycles. The average molecular weight is 359 g/mol. The Hall–Kier alpha value is -1.74. The van der Waals surface area contributed by atoms with Crippen LogP contribution in [0, 0.1) is 5.82 Å². The summed E-state index contributed by atoms with van der Waals surface area (Å²) in [4.78, 5) is 22.8. The summed E-state index contributed by atoms with van der Waals surface area (Å²) in [6.45, 7) is 2.91. The Labute approximate surface area is 143 Å². The van der Waals surface area contributed by atoms with Crippen LogP contribution in [0.1, 0.15) is 28.9 Å². The minimum atomic E-state index is -1.23. The molecule has 1 aromatic rings. The Bertz CT molecular complexity index is 631. The number of carboxylic acids is 1. The molecule has 132 valence electrons. The molecule has 0 bridgehead atoms. The number of halogens is 2. The van der Waals surface area contributed by atoms with Crippen LogP contribution in [0.3, 0.4) is 0 Å². The maximum absolute atomic E-state index is 13.9. The van der Waals surface area contributed by atoms with Gasteiger partial charge in [-0.3, -0.25) is 15.0 Å². The first-order chi connectivity index (χ1) is 11.3. The standard InChI is InChI=1S/C15H20ClFN4O3/c1-2-21-13(11(16)6-20-21)8-3-9(5-10(17)4-8)14(22)19-7-12(18)15(23)24/h3-5,11-13,20H,2,6-7,18H2,1H3,(H,19,22)(H,23,24)/t11?,12-,13?/m1/s1. The summed E-state index contributed by atoms with van der Waals surface area (Å²) >= 11 is 6.30. The summed E-state index contributed by atoms with van der Waals surface area (Å²) < 4.78 is 13.9. The molecule has 7 nitrogen and oxygen atoms in total. The van der Waals surface area contributed by atoms with E-state index in [1.165, 1.54) is 6.07 Å². The fourth-order valence-electron chi connectivity index (χ4n) is 2.61.